The molecule has 462 valence electrons. The number of nitrogens with zero attached hydrogens (tertiary/aromatic N) is 6. The summed E-state index contributed by atoms with van der Waals surface area (Å²) in [6.07, 6.45) is 11.1. The third-order valence-corrected chi connectivity index (χ3v) is 20.5. The molecule has 6 N–H and O–H groups in total. The van der Waals surface area contributed by atoms with E-state index in [1.165, 1.54) is 50.2 Å². The highest BCUT2D eigenvalue weighted by molar-refractivity contribution is 6.03. The van der Waals surface area contributed by atoms with E-state index in [4.69, 9.17) is 9.47 Å². The molecule has 10 heterocycles. The number of likely N-dealkylation sites (N-methyl/N-ethyl adjacent to an activating group) is 2. The van der Waals surface area contributed by atoms with Gasteiger partial charge in [0.1, 0.15) is 41.6 Å². The number of aromatic amines is 2. The molecule has 23 heteroatoms. The molecule has 0 saturated carbocycles. The summed E-state index contributed by atoms with van der Waals surface area (Å²) in [5.41, 5.74) is 3.68. The third-order valence-electron chi connectivity index (χ3n) is 20.5. The van der Waals surface area contributed by atoms with Crippen LogP contribution in [0, 0.1) is 29.3 Å². The van der Waals surface area contributed by atoms with Crippen LogP contribution in [0.15, 0.2) is 103 Å². The number of H-pyrrole nitrogens is 2. The molecule has 0 radical (unpaired) electrons. The Kier molecular flexibility index (Phi) is 13.1. The zero-order chi connectivity index (χ0) is 62.0. The molecule has 16 rings (SSSR count). The van der Waals surface area contributed by atoms with Crippen molar-refractivity contribution < 1.29 is 61.6 Å². The van der Waals surface area contributed by atoms with Gasteiger partial charge in [0.25, 0.3) is 23.6 Å². The normalized spacial score (nSPS) is 32.6. The van der Waals surface area contributed by atoms with Crippen molar-refractivity contribution >= 4 is 68.4 Å². The van der Waals surface area contributed by atoms with E-state index in [1.54, 1.807) is 34.1 Å². The van der Waals surface area contributed by atoms with Gasteiger partial charge in [0.2, 0.25) is 35.1 Å². The van der Waals surface area contributed by atoms with Gasteiger partial charge in [-0.3, -0.25) is 57.8 Å². The summed E-state index contributed by atoms with van der Waals surface area (Å²) in [4.78, 5) is 99.4. The number of aliphatic hydroxyl groups is 2. The average molecular weight is 1220 g/mol. The fourth-order valence-corrected chi connectivity index (χ4v) is 16.3. The molecule has 20 nitrogen and oxygen atoms in total. The van der Waals surface area contributed by atoms with Crippen LogP contribution < -0.4 is 10.6 Å². The smallest absolute Gasteiger partial charge is 0.280 e. The van der Waals surface area contributed by atoms with Crippen LogP contribution in [0.5, 0.6) is 0 Å². The lowest BCUT2D eigenvalue weighted by Gasteiger charge is -2.48. The lowest BCUT2D eigenvalue weighted by molar-refractivity contribution is -0.315. The minimum atomic E-state index is -2.17. The number of halogens is 3. The van der Waals surface area contributed by atoms with Crippen molar-refractivity contribution in [3.63, 3.8) is 0 Å². The monoisotopic (exact) mass is 1220 g/mol. The molecule has 2 aliphatic carbocycles. The largest absolute Gasteiger partial charge is 0.361 e. The summed E-state index contributed by atoms with van der Waals surface area (Å²) >= 11 is 0. The summed E-state index contributed by atoms with van der Waals surface area (Å²) < 4.78 is 56.6. The summed E-state index contributed by atoms with van der Waals surface area (Å²) in [6.45, 7) is 4.34. The van der Waals surface area contributed by atoms with Crippen LogP contribution in [0.1, 0.15) is 72.9 Å². The van der Waals surface area contributed by atoms with Gasteiger partial charge in [-0.1, -0.05) is 54.6 Å². The van der Waals surface area contributed by atoms with Crippen molar-refractivity contribution in [3.8, 4) is 0 Å². The van der Waals surface area contributed by atoms with Gasteiger partial charge in [-0.15, -0.1) is 0 Å². The minimum Gasteiger partial charge on any atom is -0.361 e. The van der Waals surface area contributed by atoms with Crippen molar-refractivity contribution in [2.75, 3.05) is 40.3 Å². The first-order valence-corrected chi connectivity index (χ1v) is 30.5. The van der Waals surface area contributed by atoms with Crippen LogP contribution in [-0.4, -0.2) is 185 Å². The lowest BCUT2D eigenvalue weighted by Crippen LogP contribution is -2.71. The number of amides is 6. The topological polar surface area (TPSA) is 236 Å². The van der Waals surface area contributed by atoms with E-state index in [0.29, 0.717) is 87.0 Å². The molecule has 12 atom stereocenters. The second kappa shape index (κ2) is 20.4. The Balaban J connectivity index is 0.000000149. The number of carbonyl (C=O) groups is 6. The second-order valence-electron chi connectivity index (χ2n) is 25.9. The lowest BCUT2D eigenvalue weighted by atomic mass is 9.79. The fraction of sp³-hybridized carbons (Fsp3) is 0.424. The molecule has 6 saturated heterocycles. The Hall–Kier alpha value is -8.19. The number of ether oxygens (including phenoxy) is 2. The van der Waals surface area contributed by atoms with Gasteiger partial charge >= 0.3 is 0 Å². The molecule has 4 aromatic carbocycles. The van der Waals surface area contributed by atoms with E-state index in [9.17, 15) is 43.4 Å². The van der Waals surface area contributed by atoms with E-state index >= 15 is 8.78 Å². The molecule has 10 aliphatic rings. The summed E-state index contributed by atoms with van der Waals surface area (Å²) in [7, 11) is 3.79. The number of hydrogen-bond acceptors (Lipinski definition) is 12. The number of nitrogens with one attached hydrogen (secondary N) is 4. The highest BCUT2D eigenvalue weighted by atomic mass is 19.1. The fourth-order valence-electron chi connectivity index (χ4n) is 16.3. The number of rotatable bonds is 8. The Labute approximate surface area is 509 Å². The van der Waals surface area contributed by atoms with Crippen molar-refractivity contribution in [1.29, 1.82) is 0 Å². The molecule has 0 spiro atoms. The van der Waals surface area contributed by atoms with Crippen LogP contribution in [0.4, 0.5) is 13.2 Å². The SMILES string of the molecule is CN1C[C@H](C(=O)N[C@]2(C)O[C@@]3(O)[C@@H]4CCCN4C(=O)[C@H](Cc4ccc(F)cc4)N3C2=O)C=C2c3c(F)ccc4[nH]cc(c34)C[C@H]21.CN1C[C@H](C(=O)N[C@]2(C)O[C@@]3(O)[C@@H]4CCCN4C(=O)[C@H](Cc4ccccc4)N3C2=O)C=C2c3c(F)ccc4[nH]cc(c34)C[C@H]21. The van der Waals surface area contributed by atoms with Crippen LogP contribution in [0.25, 0.3) is 33.0 Å². The molecule has 2 aromatic heterocycles. The van der Waals surface area contributed by atoms with E-state index in [0.717, 1.165) is 53.9 Å². The molecule has 89 heavy (non-hydrogen) atoms. The van der Waals surface area contributed by atoms with Crippen LogP contribution >= 0.6 is 0 Å². The van der Waals surface area contributed by atoms with Gasteiger partial charge in [-0.2, -0.15) is 0 Å². The molecule has 6 fully saturated rings. The molecule has 6 aromatic rings. The highest BCUT2D eigenvalue weighted by Gasteiger charge is 2.72. The Bertz CT molecular complexity index is 4080. The number of benzene rings is 4. The molecule has 0 bridgehead atoms. The number of hydrogen-bond donors (Lipinski definition) is 6. The van der Waals surface area contributed by atoms with Crippen LogP contribution in [-0.2, 0) is 63.9 Å². The molecule has 0 unspecified atom stereocenters. The summed E-state index contributed by atoms with van der Waals surface area (Å²) in [6, 6.07) is 17.3. The number of aromatic nitrogens is 2. The first kappa shape index (κ1) is 57.3. The van der Waals surface area contributed by atoms with E-state index < -0.39 is 88.7 Å². The standard InChI is InChI=1S/C33H33F2N5O5.C33H34FN5O5/c1-32(37-29(41)19-13-21-24(38(2)16-19)14-18-15-36-23-10-9-22(35)28(21)27(18)23)31(43)40-25(12-17-5-7-20(34)8-6-17)30(42)39-11-3-4-26(39)33(40,44)45-32;1-32(31(42)39-25(13-18-7-4-3-5-8-18)30(41)38-12-6-9-26(38)33(39,43)44-32)36-29(40)20-14-21-24(37(2)17-20)15-19-16-35-23-11-10-22(34)28(21)27(19)23/h5-10,13,15,19,24-26,36,44H,3-4,11-12,14,16H2,1-2H3,(H,37,41);3-5,7-8,10-11,14,16,20,24-26,35,43H,6,9,12-13,15,17H2,1-2H3,(H,36,40)/t19-,24-,25+,26+,32-,33+;20-,24-,25+,26+,32-,33+/m11/s1. The number of carbonyl (C=O) groups excluding carboxylic acids is 6. The van der Waals surface area contributed by atoms with Crippen molar-refractivity contribution in [2.24, 2.45) is 11.8 Å². The Morgan fingerprint density at radius 3 is 1.47 bits per heavy atom. The summed E-state index contributed by atoms with van der Waals surface area (Å²) in [5, 5.41) is 31.2. The van der Waals surface area contributed by atoms with Gasteiger partial charge < -0.3 is 40.6 Å². The predicted octanol–water partition coefficient (Wildman–Crippen LogP) is 4.40. The van der Waals surface area contributed by atoms with Crippen molar-refractivity contribution in [3.05, 3.63) is 154 Å². The van der Waals surface area contributed by atoms with Gasteiger partial charge in [-0.05, 0) is 136 Å². The van der Waals surface area contributed by atoms with E-state index in [2.05, 4.69) is 20.6 Å². The Morgan fingerprint density at radius 2 is 1.03 bits per heavy atom. The van der Waals surface area contributed by atoms with Crippen LogP contribution in [0.2, 0.25) is 0 Å². The van der Waals surface area contributed by atoms with Crippen molar-refractivity contribution in [2.45, 2.75) is 125 Å². The third kappa shape index (κ3) is 8.69. The van der Waals surface area contributed by atoms with E-state index in [-0.39, 0.29) is 48.4 Å². The maximum absolute atomic E-state index is 15.3. The van der Waals surface area contributed by atoms with Gasteiger partial charge in [0, 0.05) is 96.4 Å². The first-order valence-electron chi connectivity index (χ1n) is 30.5. The minimum absolute atomic E-state index is 0.0307. The predicted molar refractivity (Wildman–Crippen MR) is 316 cm³/mol. The molecular weight excluding hydrogens is 1150 g/mol. The van der Waals surface area contributed by atoms with Gasteiger partial charge in [-0.25, -0.2) is 13.2 Å². The molecule has 6 amide bonds. The Morgan fingerprint density at radius 1 is 0.607 bits per heavy atom. The zero-order valence-corrected chi connectivity index (χ0v) is 49.4. The van der Waals surface area contributed by atoms with Crippen molar-refractivity contribution in [1.82, 2.24) is 50.0 Å². The zero-order valence-electron chi connectivity index (χ0n) is 49.4. The van der Waals surface area contributed by atoms with Gasteiger partial charge in [0.05, 0.1) is 11.8 Å². The first-order chi connectivity index (χ1) is 42.6. The average Bonchev–Trinajstić information content (AvgIpc) is 1.61. The maximum atomic E-state index is 15.3. The quantitative estimate of drug-likeness (QED) is 0.125. The maximum Gasteiger partial charge on any atom is 0.280 e. The van der Waals surface area contributed by atoms with Gasteiger partial charge in [0.15, 0.2) is 0 Å². The number of fused-ring (bicyclic) bond motifs is 10. The van der Waals surface area contributed by atoms with E-state index in [1.807, 2.05) is 66.6 Å². The summed E-state index contributed by atoms with van der Waals surface area (Å²) in [5.74, 6) is -9.88. The second-order valence-corrected chi connectivity index (χ2v) is 25.9. The number of piperazine rings is 2. The highest BCUT2D eigenvalue weighted by Crippen LogP contribution is 2.50. The molecular formula is C66H67F3N10O10. The molecule has 8 aliphatic heterocycles. The van der Waals surface area contributed by atoms with Crippen LogP contribution in [0.3, 0.4) is 0 Å².